The Labute approximate surface area is 143 Å². The Hall–Kier alpha value is -2.81. The summed E-state index contributed by atoms with van der Waals surface area (Å²) in [7, 11) is 0. The number of fused-ring (bicyclic) bond motifs is 3. The van der Waals surface area contributed by atoms with E-state index in [1.54, 1.807) is 12.1 Å². The quantitative estimate of drug-likeness (QED) is 0.329. The minimum Gasteiger partial charge on any atom is -0.166 e. The van der Waals surface area contributed by atoms with E-state index in [9.17, 15) is 13.2 Å². The van der Waals surface area contributed by atoms with E-state index in [1.807, 2.05) is 55.5 Å². The van der Waals surface area contributed by atoms with Crippen molar-refractivity contribution in [3.8, 4) is 11.1 Å². The Bertz CT molecular complexity index is 1090. The van der Waals surface area contributed by atoms with E-state index in [2.05, 4.69) is 0 Å². The number of alkyl halides is 3. The first-order valence-corrected chi connectivity index (χ1v) is 8.05. The molecule has 0 nitrogen and oxygen atoms in total. The van der Waals surface area contributed by atoms with Gasteiger partial charge in [-0.15, -0.1) is 0 Å². The smallest absolute Gasteiger partial charge is 0.166 e. The predicted molar refractivity (Wildman–Crippen MR) is 96.6 cm³/mol. The molecule has 0 amide bonds. The van der Waals surface area contributed by atoms with Crippen LogP contribution in [0.2, 0.25) is 0 Å². The van der Waals surface area contributed by atoms with E-state index >= 15 is 0 Å². The lowest BCUT2D eigenvalue weighted by Gasteiger charge is -2.19. The van der Waals surface area contributed by atoms with Gasteiger partial charge < -0.3 is 0 Å². The van der Waals surface area contributed by atoms with Crippen LogP contribution >= 0.6 is 0 Å². The molecule has 0 spiro atoms. The molecule has 4 aromatic rings. The molecule has 0 heterocycles. The maximum Gasteiger partial charge on any atom is 0.417 e. The monoisotopic (exact) mass is 336 g/mol. The van der Waals surface area contributed by atoms with Gasteiger partial charge in [0, 0.05) is 0 Å². The molecule has 0 aromatic heterocycles. The number of benzene rings is 4. The van der Waals surface area contributed by atoms with Gasteiger partial charge in [-0.1, -0.05) is 66.7 Å². The molecule has 0 saturated carbocycles. The highest BCUT2D eigenvalue weighted by molar-refractivity contribution is 6.15. The normalized spacial score (nSPS) is 12.0. The van der Waals surface area contributed by atoms with Gasteiger partial charge in [0.05, 0.1) is 5.56 Å². The molecule has 124 valence electrons. The van der Waals surface area contributed by atoms with Crippen LogP contribution in [-0.4, -0.2) is 0 Å². The van der Waals surface area contributed by atoms with Crippen LogP contribution in [0.3, 0.4) is 0 Å². The van der Waals surface area contributed by atoms with Crippen molar-refractivity contribution in [1.29, 1.82) is 0 Å². The van der Waals surface area contributed by atoms with Gasteiger partial charge in [-0.2, -0.15) is 13.2 Å². The summed E-state index contributed by atoms with van der Waals surface area (Å²) < 4.78 is 40.7. The Morgan fingerprint density at radius 3 is 1.72 bits per heavy atom. The second kappa shape index (κ2) is 5.62. The highest BCUT2D eigenvalue weighted by Crippen LogP contribution is 2.43. The Balaban J connectivity index is 2.21. The summed E-state index contributed by atoms with van der Waals surface area (Å²) in [6.45, 7) is 1.90. The van der Waals surface area contributed by atoms with Crippen LogP contribution < -0.4 is 0 Å². The fraction of sp³-hybridized carbons (Fsp3) is 0.0909. The average Bonchev–Trinajstić information content (AvgIpc) is 2.62. The first-order valence-electron chi connectivity index (χ1n) is 8.05. The van der Waals surface area contributed by atoms with Crippen molar-refractivity contribution in [1.82, 2.24) is 0 Å². The molecular weight excluding hydrogens is 321 g/mol. The standard InChI is InChI=1S/C22H15F3/c1-14-15-8-2-3-9-16(15)17-10-4-5-11-18(17)21(14)19-12-6-7-13-20(19)22(23,24)25/h2-13H,1H3. The summed E-state index contributed by atoms with van der Waals surface area (Å²) in [5.41, 5.74) is 1.15. The number of aryl methyl sites for hydroxylation is 1. The molecule has 0 fully saturated rings. The van der Waals surface area contributed by atoms with Crippen molar-refractivity contribution >= 4 is 21.5 Å². The van der Waals surface area contributed by atoms with Crippen LogP contribution in [0.1, 0.15) is 11.1 Å². The maximum absolute atomic E-state index is 13.6. The third-order valence-electron chi connectivity index (χ3n) is 4.69. The molecule has 0 N–H and O–H groups in total. The topological polar surface area (TPSA) is 0 Å². The number of rotatable bonds is 1. The van der Waals surface area contributed by atoms with Gasteiger partial charge in [0.2, 0.25) is 0 Å². The fourth-order valence-corrected chi connectivity index (χ4v) is 3.61. The number of hydrogen-bond acceptors (Lipinski definition) is 0. The fourth-order valence-electron chi connectivity index (χ4n) is 3.61. The highest BCUT2D eigenvalue weighted by Gasteiger charge is 2.34. The molecule has 4 aromatic carbocycles. The van der Waals surface area contributed by atoms with E-state index in [4.69, 9.17) is 0 Å². The van der Waals surface area contributed by atoms with Gasteiger partial charge in [0.15, 0.2) is 0 Å². The van der Waals surface area contributed by atoms with Gasteiger partial charge in [0.25, 0.3) is 0 Å². The first kappa shape index (κ1) is 15.7. The van der Waals surface area contributed by atoms with Crippen LogP contribution in [-0.2, 0) is 6.18 Å². The second-order valence-corrected chi connectivity index (χ2v) is 6.13. The van der Waals surface area contributed by atoms with E-state index in [-0.39, 0.29) is 5.56 Å². The van der Waals surface area contributed by atoms with Crippen LogP contribution in [0.5, 0.6) is 0 Å². The van der Waals surface area contributed by atoms with E-state index in [0.717, 1.165) is 33.2 Å². The molecule has 25 heavy (non-hydrogen) atoms. The summed E-state index contributed by atoms with van der Waals surface area (Å²) in [6.07, 6.45) is -4.39. The summed E-state index contributed by atoms with van der Waals surface area (Å²) in [4.78, 5) is 0. The third-order valence-corrected chi connectivity index (χ3v) is 4.69. The molecule has 3 heteroatoms. The summed E-state index contributed by atoms with van der Waals surface area (Å²) in [5.74, 6) is 0. The molecule has 4 rings (SSSR count). The highest BCUT2D eigenvalue weighted by atomic mass is 19.4. The molecule has 0 saturated heterocycles. The van der Waals surface area contributed by atoms with Crippen molar-refractivity contribution in [3.05, 3.63) is 83.9 Å². The van der Waals surface area contributed by atoms with Crippen molar-refractivity contribution in [2.75, 3.05) is 0 Å². The molecular formula is C22H15F3. The van der Waals surface area contributed by atoms with E-state index in [1.165, 1.54) is 6.07 Å². The summed E-state index contributed by atoms with van der Waals surface area (Å²) >= 11 is 0. The molecule has 0 unspecified atom stereocenters. The lowest BCUT2D eigenvalue weighted by atomic mass is 9.87. The SMILES string of the molecule is Cc1c(-c2ccccc2C(F)(F)F)c2ccccc2c2ccccc12. The van der Waals surface area contributed by atoms with Crippen LogP contribution in [0.15, 0.2) is 72.8 Å². The summed E-state index contributed by atoms with van der Waals surface area (Å²) in [6, 6.07) is 21.3. The van der Waals surface area contributed by atoms with Crippen LogP contribution in [0, 0.1) is 6.92 Å². The molecule has 0 bridgehead atoms. The van der Waals surface area contributed by atoms with Crippen molar-refractivity contribution in [3.63, 3.8) is 0 Å². The molecule has 0 radical (unpaired) electrons. The molecule has 0 aliphatic carbocycles. The molecule has 0 atom stereocenters. The zero-order valence-corrected chi connectivity index (χ0v) is 13.6. The van der Waals surface area contributed by atoms with Gasteiger partial charge >= 0.3 is 6.18 Å². The lowest BCUT2D eigenvalue weighted by molar-refractivity contribution is -0.137. The van der Waals surface area contributed by atoms with Crippen LogP contribution in [0.4, 0.5) is 13.2 Å². The number of hydrogen-bond donors (Lipinski definition) is 0. The largest absolute Gasteiger partial charge is 0.417 e. The second-order valence-electron chi connectivity index (χ2n) is 6.13. The lowest BCUT2D eigenvalue weighted by Crippen LogP contribution is -2.07. The zero-order chi connectivity index (χ0) is 17.6. The minimum atomic E-state index is -4.39. The first-order chi connectivity index (χ1) is 12.0. The van der Waals surface area contributed by atoms with Gasteiger partial charge in [-0.3, -0.25) is 0 Å². The Morgan fingerprint density at radius 1 is 0.600 bits per heavy atom. The van der Waals surface area contributed by atoms with E-state index < -0.39 is 11.7 Å². The van der Waals surface area contributed by atoms with Gasteiger partial charge in [0.1, 0.15) is 0 Å². The Kier molecular flexibility index (Phi) is 3.53. The van der Waals surface area contributed by atoms with Crippen molar-refractivity contribution in [2.24, 2.45) is 0 Å². The average molecular weight is 336 g/mol. The minimum absolute atomic E-state index is 0.231. The van der Waals surface area contributed by atoms with Gasteiger partial charge in [-0.05, 0) is 51.2 Å². The van der Waals surface area contributed by atoms with Gasteiger partial charge in [-0.25, -0.2) is 0 Å². The summed E-state index contributed by atoms with van der Waals surface area (Å²) in [5, 5.41) is 3.85. The van der Waals surface area contributed by atoms with Crippen molar-refractivity contribution in [2.45, 2.75) is 13.1 Å². The van der Waals surface area contributed by atoms with Crippen LogP contribution in [0.25, 0.3) is 32.7 Å². The maximum atomic E-state index is 13.6. The van der Waals surface area contributed by atoms with Crippen molar-refractivity contribution < 1.29 is 13.2 Å². The molecule has 0 aliphatic heterocycles. The molecule has 0 aliphatic rings. The third kappa shape index (κ3) is 2.47. The predicted octanol–water partition coefficient (Wildman–Crippen LogP) is 6.99. The Morgan fingerprint density at radius 2 is 1.08 bits per heavy atom. The zero-order valence-electron chi connectivity index (χ0n) is 13.6. The number of halogens is 3. The van der Waals surface area contributed by atoms with E-state index in [0.29, 0.717) is 5.56 Å².